The van der Waals surface area contributed by atoms with Crippen molar-refractivity contribution in [1.29, 1.82) is 0 Å². The van der Waals surface area contributed by atoms with Crippen molar-refractivity contribution in [3.63, 3.8) is 0 Å². The molecule has 0 saturated heterocycles. The van der Waals surface area contributed by atoms with Crippen LogP contribution in [-0.4, -0.2) is 20.6 Å². The van der Waals surface area contributed by atoms with Gasteiger partial charge >= 0.3 is 5.97 Å². The van der Waals surface area contributed by atoms with Crippen molar-refractivity contribution in [3.05, 3.63) is 84.3 Å². The highest BCUT2D eigenvalue weighted by molar-refractivity contribution is 5.90. The van der Waals surface area contributed by atoms with Crippen LogP contribution in [0.2, 0.25) is 0 Å². The number of carbonyl (C=O) groups is 1. The first-order valence-electron chi connectivity index (χ1n) is 7.29. The van der Waals surface area contributed by atoms with Crippen molar-refractivity contribution in [1.82, 2.24) is 9.55 Å². The molecular formula is C19H16N2O2. The quantitative estimate of drug-likeness (QED) is 0.577. The molecule has 0 spiro atoms. The molecule has 1 N–H and O–H groups in total. The number of allylic oxidation sites excluding steroid dienone is 2. The molecule has 2 aromatic heterocycles. The maximum Gasteiger partial charge on any atom is 0.328 e. The van der Waals surface area contributed by atoms with Crippen molar-refractivity contribution < 1.29 is 9.90 Å². The monoisotopic (exact) mass is 304 g/mol. The molecular weight excluding hydrogens is 288 g/mol. The maximum atomic E-state index is 10.5. The van der Waals surface area contributed by atoms with E-state index < -0.39 is 5.97 Å². The standard InChI is InChI=1S/C19H16N2O2/c22-19(23)11-4-1-7-15-13-21(14-16-8-5-6-12-20-16)18-10-3-2-9-17(15)18/h1-13H,14H2,(H,22,23)/b7-1+,11-4+. The molecule has 0 atom stereocenters. The normalized spacial score (nSPS) is 11.7. The van der Waals surface area contributed by atoms with Crippen LogP contribution in [0.15, 0.2) is 73.1 Å². The Morgan fingerprint density at radius 2 is 1.96 bits per heavy atom. The van der Waals surface area contributed by atoms with Crippen LogP contribution in [0.1, 0.15) is 11.3 Å². The lowest BCUT2D eigenvalue weighted by Gasteiger charge is -2.04. The largest absolute Gasteiger partial charge is 0.478 e. The number of para-hydroxylation sites is 1. The van der Waals surface area contributed by atoms with Crippen molar-refractivity contribution in [2.75, 3.05) is 0 Å². The first kappa shape index (κ1) is 14.8. The number of aliphatic carboxylic acids is 1. The van der Waals surface area contributed by atoms with Crippen LogP contribution in [0, 0.1) is 0 Å². The summed E-state index contributed by atoms with van der Waals surface area (Å²) in [6.45, 7) is 0.695. The molecule has 4 heteroatoms. The zero-order chi connectivity index (χ0) is 16.1. The number of nitrogens with zero attached hydrogens (tertiary/aromatic N) is 2. The summed E-state index contributed by atoms with van der Waals surface area (Å²) in [5, 5.41) is 9.75. The van der Waals surface area contributed by atoms with E-state index in [1.54, 1.807) is 12.3 Å². The van der Waals surface area contributed by atoms with E-state index in [4.69, 9.17) is 5.11 Å². The first-order valence-corrected chi connectivity index (χ1v) is 7.29. The van der Waals surface area contributed by atoms with Crippen molar-refractivity contribution in [3.8, 4) is 0 Å². The number of benzene rings is 1. The van der Waals surface area contributed by atoms with E-state index in [0.29, 0.717) is 6.54 Å². The smallest absolute Gasteiger partial charge is 0.328 e. The van der Waals surface area contributed by atoms with Crippen LogP contribution >= 0.6 is 0 Å². The summed E-state index contributed by atoms with van der Waals surface area (Å²) in [7, 11) is 0. The minimum atomic E-state index is -0.952. The van der Waals surface area contributed by atoms with E-state index in [-0.39, 0.29) is 0 Å². The minimum Gasteiger partial charge on any atom is -0.478 e. The van der Waals surface area contributed by atoms with Gasteiger partial charge in [-0.2, -0.15) is 0 Å². The van der Waals surface area contributed by atoms with Crippen molar-refractivity contribution >= 4 is 22.9 Å². The lowest BCUT2D eigenvalue weighted by atomic mass is 10.1. The van der Waals surface area contributed by atoms with E-state index >= 15 is 0 Å². The van der Waals surface area contributed by atoms with Gasteiger partial charge in [0.05, 0.1) is 12.2 Å². The average Bonchev–Trinajstić information content (AvgIpc) is 2.91. The van der Waals surface area contributed by atoms with Gasteiger partial charge in [-0.15, -0.1) is 0 Å². The molecule has 0 fully saturated rings. The molecule has 4 nitrogen and oxygen atoms in total. The van der Waals surface area contributed by atoms with Gasteiger partial charge in [0.25, 0.3) is 0 Å². The number of pyridine rings is 1. The Morgan fingerprint density at radius 3 is 2.74 bits per heavy atom. The number of carboxylic acids is 1. The SMILES string of the molecule is O=C(O)/C=C/C=C/c1cn(Cc2ccccn2)c2ccccc12. The van der Waals surface area contributed by atoms with Gasteiger partial charge < -0.3 is 9.67 Å². The number of rotatable bonds is 5. The Balaban J connectivity index is 1.95. The van der Waals surface area contributed by atoms with Crippen LogP contribution in [0.5, 0.6) is 0 Å². The summed E-state index contributed by atoms with van der Waals surface area (Å²) < 4.78 is 2.15. The van der Waals surface area contributed by atoms with E-state index in [0.717, 1.165) is 28.2 Å². The van der Waals surface area contributed by atoms with Gasteiger partial charge in [0.1, 0.15) is 0 Å². The van der Waals surface area contributed by atoms with Crippen LogP contribution in [0.3, 0.4) is 0 Å². The molecule has 1 aromatic carbocycles. The van der Waals surface area contributed by atoms with Crippen molar-refractivity contribution in [2.24, 2.45) is 0 Å². The molecule has 114 valence electrons. The van der Waals surface area contributed by atoms with Gasteiger partial charge in [-0.3, -0.25) is 4.98 Å². The summed E-state index contributed by atoms with van der Waals surface area (Å²) in [5.41, 5.74) is 3.17. The van der Waals surface area contributed by atoms with Crippen LogP contribution in [0.4, 0.5) is 0 Å². The molecule has 2 heterocycles. The third-order valence-corrected chi connectivity index (χ3v) is 3.50. The van der Waals surface area contributed by atoms with E-state index in [9.17, 15) is 4.79 Å². The first-order chi connectivity index (χ1) is 11.2. The summed E-state index contributed by atoms with van der Waals surface area (Å²) in [6, 6.07) is 14.0. The lowest BCUT2D eigenvalue weighted by molar-refractivity contribution is -0.131. The average molecular weight is 304 g/mol. The lowest BCUT2D eigenvalue weighted by Crippen LogP contribution is -1.99. The zero-order valence-corrected chi connectivity index (χ0v) is 12.5. The molecule has 0 aliphatic heterocycles. The zero-order valence-electron chi connectivity index (χ0n) is 12.5. The maximum absolute atomic E-state index is 10.5. The van der Waals surface area contributed by atoms with Crippen LogP contribution in [-0.2, 0) is 11.3 Å². The molecule has 0 radical (unpaired) electrons. The topological polar surface area (TPSA) is 55.1 Å². The molecule has 0 bridgehead atoms. The summed E-state index contributed by atoms with van der Waals surface area (Å²) >= 11 is 0. The number of hydrogen-bond donors (Lipinski definition) is 1. The third-order valence-electron chi connectivity index (χ3n) is 3.50. The Labute approximate surface area is 134 Å². The Hall–Kier alpha value is -3.14. The minimum absolute atomic E-state index is 0.695. The molecule has 3 aromatic rings. The fraction of sp³-hybridized carbons (Fsp3) is 0.0526. The molecule has 0 aliphatic rings. The summed E-state index contributed by atoms with van der Waals surface area (Å²) in [4.78, 5) is 14.9. The van der Waals surface area contributed by atoms with Gasteiger partial charge in [-0.25, -0.2) is 4.79 Å². The third kappa shape index (κ3) is 3.55. The predicted octanol–water partition coefficient (Wildman–Crippen LogP) is 3.74. The number of fused-ring (bicyclic) bond motifs is 1. The second kappa shape index (κ2) is 6.75. The second-order valence-electron chi connectivity index (χ2n) is 5.11. The predicted molar refractivity (Wildman–Crippen MR) is 91.1 cm³/mol. The number of aromatic nitrogens is 2. The fourth-order valence-electron chi connectivity index (χ4n) is 2.50. The summed E-state index contributed by atoms with van der Waals surface area (Å²) in [5.74, 6) is -0.952. The van der Waals surface area contributed by atoms with Gasteiger partial charge in [-0.1, -0.05) is 42.5 Å². The van der Waals surface area contributed by atoms with Gasteiger partial charge in [0.2, 0.25) is 0 Å². The molecule has 0 unspecified atom stereocenters. The van der Waals surface area contributed by atoms with Crippen LogP contribution < -0.4 is 0 Å². The molecule has 0 amide bonds. The molecule has 3 rings (SSSR count). The molecule has 0 saturated carbocycles. The highest BCUT2D eigenvalue weighted by atomic mass is 16.4. The fourth-order valence-corrected chi connectivity index (χ4v) is 2.50. The Kier molecular flexibility index (Phi) is 4.34. The van der Waals surface area contributed by atoms with Crippen LogP contribution in [0.25, 0.3) is 17.0 Å². The Bertz CT molecular complexity index is 877. The molecule has 0 aliphatic carbocycles. The van der Waals surface area contributed by atoms with Gasteiger partial charge in [0, 0.05) is 29.4 Å². The van der Waals surface area contributed by atoms with E-state index in [1.807, 2.05) is 36.4 Å². The highest BCUT2D eigenvalue weighted by Crippen LogP contribution is 2.23. The highest BCUT2D eigenvalue weighted by Gasteiger charge is 2.06. The second-order valence-corrected chi connectivity index (χ2v) is 5.11. The molecule has 23 heavy (non-hydrogen) atoms. The number of hydrogen-bond acceptors (Lipinski definition) is 2. The van der Waals surface area contributed by atoms with Gasteiger partial charge in [-0.05, 0) is 23.8 Å². The van der Waals surface area contributed by atoms with E-state index in [1.165, 1.54) is 6.08 Å². The van der Waals surface area contributed by atoms with Gasteiger partial charge in [0.15, 0.2) is 0 Å². The van der Waals surface area contributed by atoms with Crippen molar-refractivity contribution in [2.45, 2.75) is 6.54 Å². The summed E-state index contributed by atoms with van der Waals surface area (Å²) in [6.07, 6.45) is 10.1. The number of carboxylic acid groups (broad SMARTS) is 1. The Morgan fingerprint density at radius 1 is 1.13 bits per heavy atom. The van der Waals surface area contributed by atoms with E-state index in [2.05, 4.69) is 27.9 Å².